The molecule has 0 heterocycles. The van der Waals surface area contributed by atoms with Crippen molar-refractivity contribution < 1.29 is 19.8 Å². The number of nitrogens with two attached hydrogens (primary N) is 1. The first kappa shape index (κ1) is 17.0. The Hall–Kier alpha value is -0.400. The lowest BCUT2D eigenvalue weighted by atomic mass is 10.1. The molecular weight excluding hydrogens is 238 g/mol. The minimum Gasteiger partial charge on any atom is -0.481 e. The molecule has 0 amide bonds. The molecule has 0 aliphatic carbocycles. The summed E-state index contributed by atoms with van der Waals surface area (Å²) in [6, 6.07) is -0.816. The van der Waals surface area contributed by atoms with Crippen LogP contribution < -0.4 is 5.73 Å². The van der Waals surface area contributed by atoms with Crippen molar-refractivity contribution >= 4 is 37.2 Å². The largest absolute Gasteiger partial charge is 0.481 e. The second-order valence-electron chi connectivity index (χ2n) is 3.51. The zero-order valence-corrected chi connectivity index (χ0v) is 10.5. The van der Waals surface area contributed by atoms with Gasteiger partial charge in [0.2, 0.25) is 0 Å². The highest BCUT2D eigenvalue weighted by atomic mass is 32.1. The van der Waals surface area contributed by atoms with Gasteiger partial charge in [0.05, 0.1) is 6.42 Å². The van der Waals surface area contributed by atoms with E-state index in [0.717, 1.165) is 0 Å². The first-order valence-corrected chi connectivity index (χ1v) is 5.21. The van der Waals surface area contributed by atoms with Gasteiger partial charge < -0.3 is 15.9 Å². The van der Waals surface area contributed by atoms with Gasteiger partial charge in [0.1, 0.15) is 6.04 Å². The fraction of sp³-hybridized carbons (Fsp3) is 0.750. The molecule has 0 saturated carbocycles. The molecule has 90 valence electrons. The summed E-state index contributed by atoms with van der Waals surface area (Å²) in [5.41, 5.74) is 4.94. The van der Waals surface area contributed by atoms with Crippen LogP contribution in [0.3, 0.4) is 0 Å². The Morgan fingerprint density at radius 1 is 1.40 bits per heavy atom. The van der Waals surface area contributed by atoms with Crippen molar-refractivity contribution in [3.8, 4) is 0 Å². The van der Waals surface area contributed by atoms with Gasteiger partial charge in [0.15, 0.2) is 0 Å². The van der Waals surface area contributed by atoms with E-state index in [4.69, 9.17) is 15.9 Å². The monoisotopic (exact) mass is 255 g/mol. The lowest BCUT2D eigenvalue weighted by molar-refractivity contribution is -0.138. The maximum absolute atomic E-state index is 9.97. The van der Waals surface area contributed by atoms with Crippen LogP contribution in [0.2, 0.25) is 0 Å². The van der Waals surface area contributed by atoms with Crippen LogP contribution in [-0.2, 0) is 9.59 Å². The molecule has 0 aliphatic rings. The average molecular weight is 255 g/mol. The van der Waals surface area contributed by atoms with Gasteiger partial charge in [0, 0.05) is 10.5 Å². The predicted molar refractivity (Wildman–Crippen MR) is 64.8 cm³/mol. The average Bonchev–Trinajstić information content (AvgIpc) is 1.99. The van der Waals surface area contributed by atoms with Gasteiger partial charge in [-0.15, -0.1) is 0 Å². The van der Waals surface area contributed by atoms with E-state index in [0.29, 0.717) is 0 Å². The maximum Gasteiger partial charge on any atom is 0.321 e. The SMILES string of the molecule is CC(C)(S)CC(=O)O.N[C@@H](CS)C(=O)O. The van der Waals surface area contributed by atoms with E-state index in [1.165, 1.54) is 0 Å². The van der Waals surface area contributed by atoms with E-state index in [-0.39, 0.29) is 16.9 Å². The number of aliphatic carboxylic acids is 2. The molecule has 0 fully saturated rings. The van der Waals surface area contributed by atoms with Crippen molar-refractivity contribution in [3.63, 3.8) is 0 Å². The van der Waals surface area contributed by atoms with E-state index >= 15 is 0 Å². The van der Waals surface area contributed by atoms with E-state index in [1.807, 2.05) is 0 Å². The van der Waals surface area contributed by atoms with Gasteiger partial charge in [-0.2, -0.15) is 25.3 Å². The smallest absolute Gasteiger partial charge is 0.321 e. The molecule has 0 aromatic rings. The zero-order chi connectivity index (χ0) is 12.6. The third kappa shape index (κ3) is 16.3. The van der Waals surface area contributed by atoms with E-state index < -0.39 is 18.0 Å². The van der Waals surface area contributed by atoms with Crippen LogP contribution in [0.4, 0.5) is 0 Å². The van der Waals surface area contributed by atoms with Crippen molar-refractivity contribution in [3.05, 3.63) is 0 Å². The molecule has 0 saturated heterocycles. The van der Waals surface area contributed by atoms with Crippen LogP contribution in [-0.4, -0.2) is 38.7 Å². The minimum atomic E-state index is -1.00. The topological polar surface area (TPSA) is 101 Å². The van der Waals surface area contributed by atoms with Crippen LogP contribution in [0, 0.1) is 0 Å². The molecule has 1 atom stereocenters. The number of carboxylic acids is 2. The molecule has 0 aliphatic heterocycles. The summed E-state index contributed by atoms with van der Waals surface area (Å²) in [5, 5.41) is 16.2. The fourth-order valence-corrected chi connectivity index (χ4v) is 0.740. The Bertz CT molecular complexity index is 215. The molecule has 0 rings (SSSR count). The summed E-state index contributed by atoms with van der Waals surface area (Å²) in [7, 11) is 0. The first-order valence-electron chi connectivity index (χ1n) is 4.13. The minimum absolute atomic E-state index is 0.107. The van der Waals surface area contributed by atoms with Crippen LogP contribution in [0.15, 0.2) is 0 Å². The maximum atomic E-state index is 9.97. The van der Waals surface area contributed by atoms with Crippen molar-refractivity contribution in [1.82, 2.24) is 0 Å². The Morgan fingerprint density at radius 2 is 1.80 bits per heavy atom. The highest BCUT2D eigenvalue weighted by molar-refractivity contribution is 7.81. The molecule has 0 radical (unpaired) electrons. The molecule has 4 N–H and O–H groups in total. The van der Waals surface area contributed by atoms with Gasteiger partial charge >= 0.3 is 11.9 Å². The molecule has 5 nitrogen and oxygen atoms in total. The summed E-state index contributed by atoms with van der Waals surface area (Å²) >= 11 is 7.66. The zero-order valence-electron chi connectivity index (χ0n) is 8.67. The Labute approximate surface area is 99.9 Å². The highest BCUT2D eigenvalue weighted by Crippen LogP contribution is 2.15. The summed E-state index contributed by atoms with van der Waals surface area (Å²) < 4.78 is -0.383. The van der Waals surface area contributed by atoms with Crippen molar-refractivity contribution in [2.24, 2.45) is 5.73 Å². The third-order valence-electron chi connectivity index (χ3n) is 1.10. The van der Waals surface area contributed by atoms with E-state index in [1.54, 1.807) is 13.8 Å². The summed E-state index contributed by atoms with van der Waals surface area (Å²) in [4.78, 5) is 19.7. The van der Waals surface area contributed by atoms with Gasteiger partial charge in [-0.05, 0) is 0 Å². The lowest BCUT2D eigenvalue weighted by Crippen LogP contribution is -2.31. The van der Waals surface area contributed by atoms with Crippen LogP contribution in [0.5, 0.6) is 0 Å². The van der Waals surface area contributed by atoms with E-state index in [9.17, 15) is 9.59 Å². The molecule has 7 heteroatoms. The Morgan fingerprint density at radius 3 is 1.80 bits per heavy atom. The molecule has 15 heavy (non-hydrogen) atoms. The second kappa shape index (κ2) is 7.84. The predicted octanol–water partition coefficient (Wildman–Crippen LogP) is 0.498. The molecule has 0 aromatic heterocycles. The summed E-state index contributed by atoms with van der Waals surface area (Å²) in [6.45, 7) is 3.54. The number of hydrogen-bond acceptors (Lipinski definition) is 5. The Balaban J connectivity index is 0. The van der Waals surface area contributed by atoms with Crippen LogP contribution in [0.25, 0.3) is 0 Å². The Kier molecular flexibility index (Phi) is 8.89. The molecular formula is C8H17NO4S2. The molecule has 0 aromatic carbocycles. The van der Waals surface area contributed by atoms with E-state index in [2.05, 4.69) is 25.3 Å². The van der Waals surface area contributed by atoms with Crippen molar-refractivity contribution in [1.29, 1.82) is 0 Å². The number of carbonyl (C=O) groups is 2. The number of rotatable bonds is 4. The second-order valence-corrected chi connectivity index (χ2v) is 5.09. The van der Waals surface area contributed by atoms with Gasteiger partial charge in [-0.3, -0.25) is 9.59 Å². The molecule has 0 spiro atoms. The summed E-state index contributed by atoms with van der Waals surface area (Å²) in [6.07, 6.45) is 0.107. The fourth-order valence-electron chi connectivity index (χ4n) is 0.448. The van der Waals surface area contributed by atoms with Crippen LogP contribution in [0.1, 0.15) is 20.3 Å². The number of hydrogen-bond donors (Lipinski definition) is 5. The third-order valence-corrected chi connectivity index (χ3v) is 1.65. The molecule has 0 bridgehead atoms. The highest BCUT2D eigenvalue weighted by Gasteiger charge is 2.15. The van der Waals surface area contributed by atoms with Gasteiger partial charge in [-0.25, -0.2) is 0 Å². The summed E-state index contributed by atoms with van der Waals surface area (Å²) in [5.74, 6) is -1.62. The molecule has 0 unspecified atom stereocenters. The standard InChI is InChI=1S/C5H10O2S.C3H7NO2S/c1-5(2,8)3-4(6)7;4-2(1-7)3(5)6/h8H,3H2,1-2H3,(H,6,7);2,7H,1,4H2,(H,5,6)/t;2-/m.0/s1. The van der Waals surface area contributed by atoms with Crippen molar-refractivity contribution in [2.75, 3.05) is 5.75 Å². The lowest BCUT2D eigenvalue weighted by Gasteiger charge is -2.12. The number of thiol groups is 2. The van der Waals surface area contributed by atoms with Crippen molar-refractivity contribution in [2.45, 2.75) is 31.1 Å². The van der Waals surface area contributed by atoms with Crippen LogP contribution >= 0.6 is 25.3 Å². The number of carboxylic acid groups (broad SMARTS) is 2. The normalized spacial score (nSPS) is 12.3. The van der Waals surface area contributed by atoms with Gasteiger partial charge in [-0.1, -0.05) is 13.8 Å². The van der Waals surface area contributed by atoms with Gasteiger partial charge in [0.25, 0.3) is 0 Å². The quantitative estimate of drug-likeness (QED) is 0.471. The first-order chi connectivity index (χ1) is 6.60.